The zero-order chi connectivity index (χ0) is 12.6. The lowest BCUT2D eigenvalue weighted by Crippen LogP contribution is -2.28. The number of hydrogen-bond acceptors (Lipinski definition) is 7. The van der Waals surface area contributed by atoms with Gasteiger partial charge in [0, 0.05) is 6.92 Å². The van der Waals surface area contributed by atoms with E-state index in [0.29, 0.717) is 0 Å². The molecule has 15 heavy (non-hydrogen) atoms. The van der Waals surface area contributed by atoms with Crippen LogP contribution in [-0.2, 0) is 28.7 Å². The van der Waals surface area contributed by atoms with Crippen LogP contribution in [0.4, 0.5) is 0 Å². The summed E-state index contributed by atoms with van der Waals surface area (Å²) in [6.45, 7) is 2.17. The second-order valence-corrected chi connectivity index (χ2v) is 4.12. The van der Waals surface area contributed by atoms with Crippen LogP contribution in [0.3, 0.4) is 0 Å². The standard InChI is InChI=1S/C4H8O5S.C3H4O2/c1-3(5)4(6)10(7,8)9-2;1-3(5)2-4/h4,6H,1-2H3;2H,1H3. The van der Waals surface area contributed by atoms with Gasteiger partial charge >= 0.3 is 10.1 Å². The van der Waals surface area contributed by atoms with E-state index >= 15 is 0 Å². The minimum atomic E-state index is -4.09. The maximum atomic E-state index is 10.4. The average Bonchev–Trinajstić information content (AvgIpc) is 2.17. The van der Waals surface area contributed by atoms with Crippen molar-refractivity contribution in [1.29, 1.82) is 0 Å². The van der Waals surface area contributed by atoms with Crippen LogP contribution in [0.2, 0.25) is 0 Å². The Morgan fingerprint density at radius 3 is 1.73 bits per heavy atom. The van der Waals surface area contributed by atoms with Crippen molar-refractivity contribution in [2.75, 3.05) is 7.11 Å². The van der Waals surface area contributed by atoms with E-state index < -0.39 is 27.1 Å². The quantitative estimate of drug-likeness (QED) is 0.366. The molecule has 1 atom stereocenters. The van der Waals surface area contributed by atoms with Crippen molar-refractivity contribution >= 4 is 28.0 Å². The zero-order valence-electron chi connectivity index (χ0n) is 8.46. The lowest BCUT2D eigenvalue weighted by Gasteiger charge is -2.04. The molecule has 0 aliphatic carbocycles. The van der Waals surface area contributed by atoms with Gasteiger partial charge < -0.3 is 5.11 Å². The highest BCUT2D eigenvalue weighted by molar-refractivity contribution is 7.87. The highest BCUT2D eigenvalue weighted by atomic mass is 32.2. The van der Waals surface area contributed by atoms with E-state index in [2.05, 4.69) is 4.18 Å². The fourth-order valence-corrected chi connectivity index (χ4v) is 0.883. The van der Waals surface area contributed by atoms with Gasteiger partial charge in [0.25, 0.3) is 0 Å². The van der Waals surface area contributed by atoms with Crippen molar-refractivity contribution in [3.8, 4) is 0 Å². The molecule has 0 fully saturated rings. The van der Waals surface area contributed by atoms with Crippen LogP contribution in [0, 0.1) is 0 Å². The normalized spacial score (nSPS) is 12.0. The fraction of sp³-hybridized carbons (Fsp3) is 0.571. The summed E-state index contributed by atoms with van der Waals surface area (Å²) in [5.74, 6) is -1.29. The Balaban J connectivity index is 0. The second kappa shape index (κ2) is 7.21. The number of aldehydes is 1. The van der Waals surface area contributed by atoms with Gasteiger partial charge in [0.1, 0.15) is 0 Å². The molecule has 0 saturated carbocycles. The van der Waals surface area contributed by atoms with Crippen molar-refractivity contribution < 1.29 is 32.1 Å². The molecule has 0 amide bonds. The van der Waals surface area contributed by atoms with Gasteiger partial charge in [-0.15, -0.1) is 0 Å². The van der Waals surface area contributed by atoms with Crippen molar-refractivity contribution in [2.24, 2.45) is 0 Å². The summed E-state index contributed by atoms with van der Waals surface area (Å²) in [6.07, 6.45) is 0.278. The third-order valence-corrected chi connectivity index (χ3v) is 2.36. The van der Waals surface area contributed by atoms with Crippen molar-refractivity contribution in [3.05, 3.63) is 0 Å². The predicted octanol–water partition coefficient (Wildman–Crippen LogP) is -1.36. The van der Waals surface area contributed by atoms with E-state index in [1.807, 2.05) is 0 Å². The largest absolute Gasteiger partial charge is 0.369 e. The maximum Gasteiger partial charge on any atom is 0.301 e. The molecule has 8 heteroatoms. The van der Waals surface area contributed by atoms with Gasteiger partial charge in [-0.25, -0.2) is 0 Å². The summed E-state index contributed by atoms with van der Waals surface area (Å²) in [7, 11) is -3.21. The number of carbonyl (C=O) groups excluding carboxylic acids is 3. The van der Waals surface area contributed by atoms with E-state index in [1.165, 1.54) is 6.92 Å². The van der Waals surface area contributed by atoms with Gasteiger partial charge in [-0.05, 0) is 6.92 Å². The Morgan fingerprint density at radius 2 is 1.67 bits per heavy atom. The third kappa shape index (κ3) is 7.91. The Hall–Kier alpha value is -1.12. The molecule has 0 rings (SSSR count). The van der Waals surface area contributed by atoms with Crippen LogP contribution < -0.4 is 0 Å². The molecule has 0 aliphatic rings. The number of Topliss-reactive ketones (excluding diaryl/α,β-unsaturated/α-hetero) is 2. The third-order valence-electron chi connectivity index (χ3n) is 1.02. The fourth-order valence-electron chi connectivity index (χ4n) is 0.294. The first kappa shape index (κ1) is 16.3. The Kier molecular flexibility index (Phi) is 7.84. The molecule has 0 heterocycles. The molecule has 0 aliphatic heterocycles. The summed E-state index contributed by atoms with van der Waals surface area (Å²) >= 11 is 0. The van der Waals surface area contributed by atoms with E-state index in [9.17, 15) is 18.0 Å². The molecule has 0 aromatic rings. The van der Waals surface area contributed by atoms with Crippen LogP contribution >= 0.6 is 0 Å². The lowest BCUT2D eigenvalue weighted by atomic mass is 10.5. The highest BCUT2D eigenvalue weighted by Gasteiger charge is 2.26. The first-order chi connectivity index (χ1) is 6.68. The molecule has 0 radical (unpaired) electrons. The average molecular weight is 240 g/mol. The van der Waals surface area contributed by atoms with Crippen LogP contribution in [0.15, 0.2) is 0 Å². The Labute approximate surface area is 87.2 Å². The number of ketones is 2. The minimum absolute atomic E-state index is 0.278. The van der Waals surface area contributed by atoms with E-state index in [4.69, 9.17) is 9.90 Å². The molecule has 0 saturated heterocycles. The molecule has 0 aromatic heterocycles. The summed E-state index contributed by atoms with van der Waals surface area (Å²) < 4.78 is 24.8. The Morgan fingerprint density at radius 1 is 1.33 bits per heavy atom. The van der Waals surface area contributed by atoms with Crippen molar-refractivity contribution in [3.63, 3.8) is 0 Å². The topological polar surface area (TPSA) is 115 Å². The Bertz CT molecular complexity index is 329. The van der Waals surface area contributed by atoms with Crippen LogP contribution in [-0.4, -0.2) is 43.9 Å². The summed E-state index contributed by atoms with van der Waals surface area (Å²) in [5, 5.41) is 8.59. The smallest absolute Gasteiger partial charge is 0.301 e. The molecule has 1 unspecified atom stereocenters. The van der Waals surface area contributed by atoms with Gasteiger partial charge in [-0.1, -0.05) is 0 Å². The number of rotatable bonds is 4. The monoisotopic (exact) mass is 240 g/mol. The molecular weight excluding hydrogens is 228 g/mol. The second-order valence-electron chi connectivity index (χ2n) is 2.35. The number of carbonyl (C=O) groups is 3. The van der Waals surface area contributed by atoms with Crippen LogP contribution in [0.5, 0.6) is 0 Å². The minimum Gasteiger partial charge on any atom is -0.369 e. The molecule has 0 aromatic carbocycles. The van der Waals surface area contributed by atoms with E-state index in [0.717, 1.165) is 14.0 Å². The van der Waals surface area contributed by atoms with Crippen molar-refractivity contribution in [1.82, 2.24) is 0 Å². The first-order valence-electron chi connectivity index (χ1n) is 3.62. The lowest BCUT2D eigenvalue weighted by molar-refractivity contribution is -0.128. The number of hydrogen-bond donors (Lipinski definition) is 1. The molecule has 88 valence electrons. The predicted molar refractivity (Wildman–Crippen MR) is 49.4 cm³/mol. The number of aliphatic hydroxyl groups excluding tert-OH is 1. The summed E-state index contributed by atoms with van der Waals surface area (Å²) in [4.78, 5) is 28.8. The van der Waals surface area contributed by atoms with Gasteiger partial charge in [0.2, 0.25) is 5.44 Å². The van der Waals surface area contributed by atoms with Crippen molar-refractivity contribution in [2.45, 2.75) is 19.3 Å². The highest BCUT2D eigenvalue weighted by Crippen LogP contribution is 1.99. The summed E-state index contributed by atoms with van der Waals surface area (Å²) in [6, 6.07) is 0. The van der Waals surface area contributed by atoms with Crippen LogP contribution in [0.25, 0.3) is 0 Å². The van der Waals surface area contributed by atoms with Gasteiger partial charge in [0.15, 0.2) is 17.9 Å². The summed E-state index contributed by atoms with van der Waals surface area (Å²) in [5.41, 5.74) is -2.06. The molecule has 0 bridgehead atoms. The van der Waals surface area contributed by atoms with Gasteiger partial charge in [-0.3, -0.25) is 18.6 Å². The first-order valence-corrected chi connectivity index (χ1v) is 5.09. The maximum absolute atomic E-state index is 10.4. The molecular formula is C7H12O7S. The van der Waals surface area contributed by atoms with Gasteiger partial charge in [-0.2, -0.15) is 8.42 Å². The molecule has 0 spiro atoms. The zero-order valence-corrected chi connectivity index (χ0v) is 9.28. The SMILES string of the molecule is CC(=O)C=O.COS(=O)(=O)C(O)C(C)=O. The number of aliphatic hydroxyl groups is 1. The molecule has 7 nitrogen and oxygen atoms in total. The van der Waals surface area contributed by atoms with E-state index in [-0.39, 0.29) is 6.29 Å². The van der Waals surface area contributed by atoms with Gasteiger partial charge in [0.05, 0.1) is 7.11 Å². The van der Waals surface area contributed by atoms with Crippen LogP contribution in [0.1, 0.15) is 13.8 Å². The molecule has 1 N–H and O–H groups in total. The van der Waals surface area contributed by atoms with E-state index in [1.54, 1.807) is 0 Å².